The fourth-order valence-electron chi connectivity index (χ4n) is 3.04. The maximum absolute atomic E-state index is 5.97. The monoisotopic (exact) mass is 394 g/mol. The average Bonchev–Trinajstić information content (AvgIpc) is 2.58. The maximum Gasteiger partial charge on any atom is 0.198 e. The lowest BCUT2D eigenvalue weighted by Gasteiger charge is -2.29. The molecule has 0 amide bonds. The molecule has 2 aromatic carbocycles. The molecule has 0 atom stereocenters. The van der Waals surface area contributed by atoms with Gasteiger partial charge in [0.15, 0.2) is 16.6 Å². The third-order valence-electron chi connectivity index (χ3n) is 5.07. The second kappa shape index (κ2) is 9.49. The summed E-state index contributed by atoms with van der Waals surface area (Å²) in [5, 5.41) is 0. The molecule has 0 aliphatic heterocycles. The van der Waals surface area contributed by atoms with Crippen LogP contribution in [0.1, 0.15) is 22.3 Å². The van der Waals surface area contributed by atoms with Crippen molar-refractivity contribution in [1.29, 1.82) is 0 Å². The molecule has 0 aromatic heterocycles. The lowest BCUT2D eigenvalue weighted by atomic mass is 9.89. The number of hydrogen-bond donors (Lipinski definition) is 0. The van der Waals surface area contributed by atoms with E-state index in [1.165, 1.54) is 25.7 Å². The SMILES string of the molecule is C=C[Si](C)(C)O[Si](C)(C)C=C.c1ccc2c(c1)CC2.c1ccc2c(c1)CC2. The van der Waals surface area contributed by atoms with Crippen molar-refractivity contribution in [3.63, 3.8) is 0 Å². The summed E-state index contributed by atoms with van der Waals surface area (Å²) in [7, 11) is -3.16. The molecular weight excluding hydrogens is 360 g/mol. The highest BCUT2D eigenvalue weighted by atomic mass is 28.4. The minimum atomic E-state index is -1.58. The molecule has 3 heteroatoms. The molecule has 0 N–H and O–H groups in total. The van der Waals surface area contributed by atoms with Crippen molar-refractivity contribution in [2.45, 2.75) is 51.9 Å². The van der Waals surface area contributed by atoms with Gasteiger partial charge in [-0.05, 0) is 74.1 Å². The van der Waals surface area contributed by atoms with Crippen LogP contribution in [0.2, 0.25) is 26.2 Å². The van der Waals surface area contributed by atoms with Crippen molar-refractivity contribution < 1.29 is 4.12 Å². The van der Waals surface area contributed by atoms with Crippen LogP contribution in [0.25, 0.3) is 0 Å². The molecule has 1 nitrogen and oxygen atoms in total. The van der Waals surface area contributed by atoms with Crippen LogP contribution in [0.4, 0.5) is 0 Å². The molecule has 2 aliphatic carbocycles. The predicted molar refractivity (Wildman–Crippen MR) is 124 cm³/mol. The Morgan fingerprint density at radius 2 is 0.889 bits per heavy atom. The van der Waals surface area contributed by atoms with Crippen molar-refractivity contribution in [2.24, 2.45) is 0 Å². The zero-order chi connectivity index (χ0) is 19.9. The molecule has 0 saturated carbocycles. The van der Waals surface area contributed by atoms with Crippen LogP contribution in [0.15, 0.2) is 73.1 Å². The molecule has 0 bridgehead atoms. The molecule has 27 heavy (non-hydrogen) atoms. The van der Waals surface area contributed by atoms with E-state index in [2.05, 4.69) is 87.9 Å². The number of aryl methyl sites for hydroxylation is 4. The minimum absolute atomic E-state index is 1.30. The summed E-state index contributed by atoms with van der Waals surface area (Å²) in [6.45, 7) is 16.2. The first-order chi connectivity index (χ1) is 12.8. The van der Waals surface area contributed by atoms with E-state index in [1.54, 1.807) is 22.3 Å². The molecule has 4 rings (SSSR count). The van der Waals surface area contributed by atoms with Gasteiger partial charge in [-0.2, -0.15) is 0 Å². The lowest BCUT2D eigenvalue weighted by molar-refractivity contribution is 0.571. The summed E-state index contributed by atoms with van der Waals surface area (Å²) in [6.07, 6.45) is 5.21. The Kier molecular flexibility index (Phi) is 7.60. The lowest BCUT2D eigenvalue weighted by Crippen LogP contribution is -2.41. The highest BCUT2D eigenvalue weighted by molar-refractivity contribution is 6.89. The first-order valence-electron chi connectivity index (χ1n) is 9.87. The molecule has 0 radical (unpaired) electrons. The predicted octanol–water partition coefficient (Wildman–Crippen LogP) is 6.43. The average molecular weight is 395 g/mol. The van der Waals surface area contributed by atoms with E-state index in [-0.39, 0.29) is 0 Å². The standard InChI is InChI=1S/C8H18OSi2.2C8H8/c1-7-10(3,4)9-11(5,6)8-2;2*1-2-4-8-6-5-7(8)3-1/h7-8H,1-2H2,3-6H3;2*1-4H,5-6H2. The zero-order valence-electron chi connectivity index (χ0n) is 17.4. The Morgan fingerprint density at radius 1 is 0.630 bits per heavy atom. The number of hydrogen-bond acceptors (Lipinski definition) is 1. The van der Waals surface area contributed by atoms with Crippen molar-refractivity contribution in [3.8, 4) is 0 Å². The van der Waals surface area contributed by atoms with E-state index in [1.807, 2.05) is 11.4 Å². The van der Waals surface area contributed by atoms with Gasteiger partial charge < -0.3 is 4.12 Å². The Bertz CT molecular complexity index is 666. The number of rotatable bonds is 4. The van der Waals surface area contributed by atoms with Gasteiger partial charge in [0.05, 0.1) is 0 Å². The molecule has 0 spiro atoms. The molecule has 2 aromatic rings. The molecule has 0 unspecified atom stereocenters. The van der Waals surface area contributed by atoms with Gasteiger partial charge >= 0.3 is 0 Å². The second-order valence-electron chi connectivity index (χ2n) is 8.25. The Hall–Kier alpha value is -1.69. The van der Waals surface area contributed by atoms with Gasteiger partial charge in [0, 0.05) is 0 Å². The highest BCUT2D eigenvalue weighted by Crippen LogP contribution is 2.21. The van der Waals surface area contributed by atoms with Gasteiger partial charge in [-0.3, -0.25) is 0 Å². The van der Waals surface area contributed by atoms with Crippen LogP contribution in [-0.2, 0) is 29.8 Å². The van der Waals surface area contributed by atoms with Crippen molar-refractivity contribution in [3.05, 3.63) is 95.3 Å². The minimum Gasteiger partial charge on any atom is -0.449 e. The van der Waals surface area contributed by atoms with Crippen LogP contribution < -0.4 is 0 Å². The smallest absolute Gasteiger partial charge is 0.198 e. The van der Waals surface area contributed by atoms with Crippen molar-refractivity contribution in [1.82, 2.24) is 0 Å². The van der Waals surface area contributed by atoms with E-state index in [4.69, 9.17) is 4.12 Å². The van der Waals surface area contributed by atoms with Gasteiger partial charge in [-0.25, -0.2) is 0 Å². The van der Waals surface area contributed by atoms with Crippen LogP contribution >= 0.6 is 0 Å². The first-order valence-corrected chi connectivity index (χ1v) is 15.8. The van der Waals surface area contributed by atoms with Gasteiger partial charge in [-0.1, -0.05) is 59.9 Å². The number of fused-ring (bicyclic) bond motifs is 2. The molecule has 2 aliphatic rings. The van der Waals surface area contributed by atoms with E-state index in [9.17, 15) is 0 Å². The number of benzene rings is 2. The summed E-state index contributed by atoms with van der Waals surface area (Å²) in [6, 6.07) is 17.3. The van der Waals surface area contributed by atoms with Crippen LogP contribution in [0.3, 0.4) is 0 Å². The Balaban J connectivity index is 0.000000147. The van der Waals surface area contributed by atoms with Gasteiger partial charge in [-0.15, -0.1) is 13.2 Å². The van der Waals surface area contributed by atoms with Crippen LogP contribution in [0.5, 0.6) is 0 Å². The summed E-state index contributed by atoms with van der Waals surface area (Å²) in [4.78, 5) is 0. The van der Waals surface area contributed by atoms with Gasteiger partial charge in [0.25, 0.3) is 0 Å². The van der Waals surface area contributed by atoms with Gasteiger partial charge in [0.1, 0.15) is 0 Å². The summed E-state index contributed by atoms with van der Waals surface area (Å²) in [5.74, 6) is 0. The molecule has 144 valence electrons. The molecule has 0 heterocycles. The first kappa shape index (κ1) is 21.6. The second-order valence-corrected chi connectivity index (χ2v) is 16.3. The van der Waals surface area contributed by atoms with Crippen LogP contribution in [0, 0.1) is 0 Å². The molecule has 0 fully saturated rings. The summed E-state index contributed by atoms with van der Waals surface area (Å²) >= 11 is 0. The van der Waals surface area contributed by atoms with E-state index >= 15 is 0 Å². The highest BCUT2D eigenvalue weighted by Gasteiger charge is 2.27. The van der Waals surface area contributed by atoms with Crippen molar-refractivity contribution in [2.75, 3.05) is 0 Å². The Morgan fingerprint density at radius 3 is 1.04 bits per heavy atom. The zero-order valence-corrected chi connectivity index (χ0v) is 19.4. The van der Waals surface area contributed by atoms with Crippen molar-refractivity contribution >= 4 is 16.6 Å². The van der Waals surface area contributed by atoms with E-state index < -0.39 is 16.6 Å². The normalized spacial score (nSPS) is 13.8. The maximum atomic E-state index is 5.97. The van der Waals surface area contributed by atoms with Crippen LogP contribution in [-0.4, -0.2) is 16.6 Å². The fraction of sp³-hybridized carbons (Fsp3) is 0.333. The van der Waals surface area contributed by atoms with E-state index in [0.717, 1.165) is 0 Å². The largest absolute Gasteiger partial charge is 0.449 e. The molecular formula is C24H34OSi2. The summed E-state index contributed by atoms with van der Waals surface area (Å²) < 4.78 is 5.97. The fourth-order valence-corrected chi connectivity index (χ4v) is 9.13. The Labute approximate surface area is 168 Å². The topological polar surface area (TPSA) is 9.23 Å². The third kappa shape index (κ3) is 6.76. The van der Waals surface area contributed by atoms with E-state index in [0.29, 0.717) is 0 Å². The third-order valence-corrected chi connectivity index (χ3v) is 11.2. The molecule has 0 saturated heterocycles. The summed E-state index contributed by atoms with van der Waals surface area (Å²) in [5.41, 5.74) is 10.1. The van der Waals surface area contributed by atoms with Gasteiger partial charge in [0.2, 0.25) is 0 Å². The quantitative estimate of drug-likeness (QED) is 0.543.